The van der Waals surface area contributed by atoms with E-state index in [0.717, 1.165) is 22.0 Å². The second-order valence-electron chi connectivity index (χ2n) is 7.30. The third-order valence-electron chi connectivity index (χ3n) is 5.05. The minimum absolute atomic E-state index is 0.0952. The molecule has 4 rings (SSSR count). The Morgan fingerprint density at radius 2 is 1.71 bits per heavy atom. The fourth-order valence-electron chi connectivity index (χ4n) is 3.46. The maximum absolute atomic E-state index is 12.4. The van der Waals surface area contributed by atoms with Gasteiger partial charge in [0.1, 0.15) is 0 Å². The molecular formula is C25H22ClN3O2. The van der Waals surface area contributed by atoms with Gasteiger partial charge in [-0.25, -0.2) is 0 Å². The number of aromatic nitrogens is 1. The SMILES string of the molecule is O=C(Cc1ccccc1)Nc1ccc(C(=O)NCCc2c[nH]c3ccc(Cl)cc23)cc1. The molecule has 1 aromatic heterocycles. The summed E-state index contributed by atoms with van der Waals surface area (Å²) in [5.74, 6) is -0.248. The average molecular weight is 432 g/mol. The zero-order chi connectivity index (χ0) is 21.6. The number of rotatable bonds is 7. The van der Waals surface area contributed by atoms with Gasteiger partial charge in [0.05, 0.1) is 6.42 Å². The number of halogens is 1. The number of fused-ring (bicyclic) bond motifs is 1. The highest BCUT2D eigenvalue weighted by atomic mass is 35.5. The molecule has 0 radical (unpaired) electrons. The molecule has 0 fully saturated rings. The van der Waals surface area contributed by atoms with Gasteiger partial charge in [0.2, 0.25) is 5.91 Å². The first kappa shape index (κ1) is 20.7. The molecule has 0 saturated heterocycles. The molecule has 0 aliphatic heterocycles. The highest BCUT2D eigenvalue weighted by Crippen LogP contribution is 2.22. The Morgan fingerprint density at radius 3 is 2.48 bits per heavy atom. The van der Waals surface area contributed by atoms with Crippen LogP contribution in [0.4, 0.5) is 5.69 Å². The van der Waals surface area contributed by atoms with Crippen LogP contribution >= 0.6 is 11.6 Å². The highest BCUT2D eigenvalue weighted by molar-refractivity contribution is 6.31. The van der Waals surface area contributed by atoms with Crippen molar-refractivity contribution in [3.63, 3.8) is 0 Å². The third kappa shape index (κ3) is 5.32. The molecular weight excluding hydrogens is 410 g/mol. The number of amides is 2. The van der Waals surface area contributed by atoms with E-state index in [1.165, 1.54) is 0 Å². The summed E-state index contributed by atoms with van der Waals surface area (Å²) in [4.78, 5) is 27.8. The van der Waals surface area contributed by atoms with Crippen LogP contribution in [0.5, 0.6) is 0 Å². The molecule has 4 aromatic rings. The topological polar surface area (TPSA) is 74.0 Å². The van der Waals surface area contributed by atoms with Crippen molar-refractivity contribution in [3.05, 3.63) is 101 Å². The van der Waals surface area contributed by atoms with Gasteiger partial charge in [-0.2, -0.15) is 0 Å². The zero-order valence-corrected chi connectivity index (χ0v) is 17.6. The number of H-pyrrole nitrogens is 1. The van der Waals surface area contributed by atoms with Crippen LogP contribution in [-0.2, 0) is 17.6 Å². The molecule has 0 unspecified atom stereocenters. The van der Waals surface area contributed by atoms with E-state index in [-0.39, 0.29) is 11.8 Å². The van der Waals surface area contributed by atoms with Crippen molar-refractivity contribution < 1.29 is 9.59 Å². The van der Waals surface area contributed by atoms with Gasteiger partial charge < -0.3 is 15.6 Å². The summed E-state index contributed by atoms with van der Waals surface area (Å²) in [6.07, 6.45) is 2.95. The summed E-state index contributed by atoms with van der Waals surface area (Å²) in [6.45, 7) is 0.508. The van der Waals surface area contributed by atoms with Crippen LogP contribution in [0.15, 0.2) is 79.0 Å². The Kier molecular flexibility index (Phi) is 6.34. The molecule has 2 amide bonds. The van der Waals surface area contributed by atoms with Gasteiger partial charge in [-0.15, -0.1) is 0 Å². The molecule has 0 aliphatic rings. The van der Waals surface area contributed by atoms with E-state index in [1.807, 2.05) is 54.7 Å². The predicted octanol–water partition coefficient (Wildman–Crippen LogP) is 4.98. The molecule has 0 aliphatic carbocycles. The standard InChI is InChI=1S/C25H22ClN3O2/c26-20-8-11-23-22(15-20)19(16-28-23)12-13-27-25(31)18-6-9-21(10-7-18)29-24(30)14-17-4-2-1-3-5-17/h1-11,15-16,28H,12-14H2,(H,27,31)(H,29,30). The molecule has 3 N–H and O–H groups in total. The van der Waals surface area contributed by atoms with Gasteiger partial charge in [-0.1, -0.05) is 41.9 Å². The van der Waals surface area contributed by atoms with Gasteiger partial charge in [0, 0.05) is 39.9 Å². The number of aromatic amines is 1. The molecule has 0 saturated carbocycles. The number of carbonyl (C=O) groups is 2. The number of anilines is 1. The summed E-state index contributed by atoms with van der Waals surface area (Å²) in [7, 11) is 0. The normalized spacial score (nSPS) is 10.7. The quantitative estimate of drug-likeness (QED) is 0.386. The lowest BCUT2D eigenvalue weighted by molar-refractivity contribution is -0.115. The molecule has 1 heterocycles. The Morgan fingerprint density at radius 1 is 0.935 bits per heavy atom. The molecule has 31 heavy (non-hydrogen) atoms. The molecule has 6 heteroatoms. The number of carbonyl (C=O) groups excluding carboxylic acids is 2. The van der Waals surface area contributed by atoms with Crippen LogP contribution in [0, 0.1) is 0 Å². The second-order valence-corrected chi connectivity index (χ2v) is 7.73. The van der Waals surface area contributed by atoms with Gasteiger partial charge in [-0.3, -0.25) is 9.59 Å². The van der Waals surface area contributed by atoms with Crippen LogP contribution in [0.3, 0.4) is 0 Å². The average Bonchev–Trinajstić information content (AvgIpc) is 3.17. The second kappa shape index (κ2) is 9.49. The Balaban J connectivity index is 1.29. The summed E-state index contributed by atoms with van der Waals surface area (Å²) in [5, 5.41) is 7.55. The van der Waals surface area contributed by atoms with E-state index in [4.69, 9.17) is 11.6 Å². The fraction of sp³-hybridized carbons (Fsp3) is 0.120. The highest BCUT2D eigenvalue weighted by Gasteiger charge is 2.09. The van der Waals surface area contributed by atoms with Crippen molar-refractivity contribution in [3.8, 4) is 0 Å². The summed E-state index contributed by atoms with van der Waals surface area (Å²) >= 11 is 6.09. The summed E-state index contributed by atoms with van der Waals surface area (Å²) in [6, 6.07) is 22.2. The first-order chi connectivity index (χ1) is 15.1. The van der Waals surface area contributed by atoms with E-state index in [2.05, 4.69) is 15.6 Å². The van der Waals surface area contributed by atoms with Crippen molar-refractivity contribution in [2.24, 2.45) is 0 Å². The monoisotopic (exact) mass is 431 g/mol. The Labute approximate surface area is 185 Å². The van der Waals surface area contributed by atoms with Crippen LogP contribution in [0.1, 0.15) is 21.5 Å². The molecule has 0 bridgehead atoms. The maximum atomic E-state index is 12.4. The smallest absolute Gasteiger partial charge is 0.251 e. The van der Waals surface area contributed by atoms with Crippen molar-refractivity contribution in [2.45, 2.75) is 12.8 Å². The number of benzene rings is 3. The van der Waals surface area contributed by atoms with Crippen LogP contribution in [-0.4, -0.2) is 23.3 Å². The lowest BCUT2D eigenvalue weighted by Crippen LogP contribution is -2.25. The van der Waals surface area contributed by atoms with Crippen LogP contribution in [0.25, 0.3) is 10.9 Å². The van der Waals surface area contributed by atoms with Crippen LogP contribution in [0.2, 0.25) is 5.02 Å². The van der Waals surface area contributed by atoms with Gasteiger partial charge >= 0.3 is 0 Å². The van der Waals surface area contributed by atoms with Gasteiger partial charge in [0.15, 0.2) is 0 Å². The van der Waals surface area contributed by atoms with Crippen molar-refractivity contribution in [2.75, 3.05) is 11.9 Å². The predicted molar refractivity (Wildman–Crippen MR) is 125 cm³/mol. The molecule has 156 valence electrons. The number of nitrogens with one attached hydrogen (secondary N) is 3. The molecule has 0 atom stereocenters. The first-order valence-electron chi connectivity index (χ1n) is 10.1. The van der Waals surface area contributed by atoms with E-state index >= 15 is 0 Å². The summed E-state index contributed by atoms with van der Waals surface area (Å²) < 4.78 is 0. The lowest BCUT2D eigenvalue weighted by Gasteiger charge is -2.08. The number of hydrogen-bond donors (Lipinski definition) is 3. The zero-order valence-electron chi connectivity index (χ0n) is 16.8. The van der Waals surface area contributed by atoms with Gasteiger partial charge in [0.25, 0.3) is 5.91 Å². The molecule has 0 spiro atoms. The van der Waals surface area contributed by atoms with Crippen molar-refractivity contribution in [1.29, 1.82) is 0 Å². The largest absolute Gasteiger partial charge is 0.361 e. The third-order valence-corrected chi connectivity index (χ3v) is 5.28. The first-order valence-corrected chi connectivity index (χ1v) is 10.4. The van der Waals surface area contributed by atoms with Crippen molar-refractivity contribution in [1.82, 2.24) is 10.3 Å². The van der Waals surface area contributed by atoms with E-state index in [1.54, 1.807) is 24.3 Å². The van der Waals surface area contributed by atoms with E-state index in [9.17, 15) is 9.59 Å². The molecule has 5 nitrogen and oxygen atoms in total. The molecule has 3 aromatic carbocycles. The summed E-state index contributed by atoms with van der Waals surface area (Å²) in [5.41, 5.74) is 4.29. The van der Waals surface area contributed by atoms with Crippen molar-refractivity contribution >= 4 is 40.0 Å². The van der Waals surface area contributed by atoms with Crippen LogP contribution < -0.4 is 10.6 Å². The maximum Gasteiger partial charge on any atom is 0.251 e. The fourth-order valence-corrected chi connectivity index (χ4v) is 3.63. The van der Waals surface area contributed by atoms with E-state index in [0.29, 0.717) is 35.7 Å². The Bertz CT molecular complexity index is 1200. The minimum Gasteiger partial charge on any atom is -0.361 e. The Hall–Kier alpha value is -3.57. The van der Waals surface area contributed by atoms with E-state index < -0.39 is 0 Å². The lowest BCUT2D eigenvalue weighted by atomic mass is 10.1. The minimum atomic E-state index is -0.153. The van der Waals surface area contributed by atoms with Gasteiger partial charge in [-0.05, 0) is 60.0 Å². The number of hydrogen-bond acceptors (Lipinski definition) is 2.